The maximum Gasteiger partial charge on any atom is 0.0132 e. The molecule has 4 rings (SSSR count). The topological polar surface area (TPSA) is 0 Å². The smallest absolute Gasteiger partial charge is 0.0132 e. The average molecular weight is 232 g/mol. The van der Waals surface area contributed by atoms with Crippen LogP contribution in [0.2, 0.25) is 0 Å². The second-order valence-electron chi connectivity index (χ2n) is 5.39. The fourth-order valence-corrected chi connectivity index (χ4v) is 3.61. The summed E-state index contributed by atoms with van der Waals surface area (Å²) in [5, 5.41) is 0. The summed E-state index contributed by atoms with van der Waals surface area (Å²) >= 11 is 0. The SMILES string of the molecule is C1=CCC2=CC=C[C@H]3C=CC=C4C=CC(=C1)[C@@H]2C43. The molecule has 0 heteroatoms. The van der Waals surface area contributed by atoms with E-state index in [2.05, 4.69) is 66.8 Å². The van der Waals surface area contributed by atoms with Crippen molar-refractivity contribution in [3.05, 3.63) is 83.6 Å². The summed E-state index contributed by atoms with van der Waals surface area (Å²) in [6.07, 6.45) is 26.2. The van der Waals surface area contributed by atoms with E-state index in [1.165, 1.54) is 11.1 Å². The van der Waals surface area contributed by atoms with Crippen molar-refractivity contribution in [1.82, 2.24) is 0 Å². The van der Waals surface area contributed by atoms with Gasteiger partial charge in [0.15, 0.2) is 0 Å². The lowest BCUT2D eigenvalue weighted by atomic mass is 9.66. The molecule has 3 atom stereocenters. The van der Waals surface area contributed by atoms with Gasteiger partial charge in [-0.3, -0.25) is 0 Å². The van der Waals surface area contributed by atoms with Gasteiger partial charge in [0.2, 0.25) is 0 Å². The molecule has 88 valence electrons. The van der Waals surface area contributed by atoms with Crippen molar-refractivity contribution in [2.75, 3.05) is 0 Å². The van der Waals surface area contributed by atoms with E-state index in [0.717, 1.165) is 6.42 Å². The van der Waals surface area contributed by atoms with Gasteiger partial charge in [-0.25, -0.2) is 0 Å². The van der Waals surface area contributed by atoms with E-state index in [4.69, 9.17) is 0 Å². The first-order valence-corrected chi connectivity index (χ1v) is 6.74. The molecule has 0 aromatic heterocycles. The van der Waals surface area contributed by atoms with E-state index in [1.54, 1.807) is 5.57 Å². The molecular formula is C18H16. The first kappa shape index (κ1) is 10.1. The molecule has 0 N–H and O–H groups in total. The second kappa shape index (κ2) is 3.84. The van der Waals surface area contributed by atoms with Crippen LogP contribution in [0.15, 0.2) is 83.6 Å². The van der Waals surface area contributed by atoms with E-state index in [0.29, 0.717) is 17.8 Å². The van der Waals surface area contributed by atoms with Crippen LogP contribution in [-0.2, 0) is 0 Å². The Hall–Kier alpha value is -1.82. The number of allylic oxidation sites excluding steroid dienone is 14. The van der Waals surface area contributed by atoms with Crippen molar-refractivity contribution in [3.8, 4) is 0 Å². The molecule has 0 aromatic carbocycles. The van der Waals surface area contributed by atoms with Crippen molar-refractivity contribution >= 4 is 0 Å². The quantitative estimate of drug-likeness (QED) is 0.584. The summed E-state index contributed by atoms with van der Waals surface area (Å²) in [5.41, 5.74) is 4.52. The summed E-state index contributed by atoms with van der Waals surface area (Å²) < 4.78 is 0. The number of rotatable bonds is 0. The predicted octanol–water partition coefficient (Wildman–Crippen LogP) is 4.28. The molecular weight excluding hydrogens is 216 g/mol. The zero-order valence-corrected chi connectivity index (χ0v) is 10.3. The minimum absolute atomic E-state index is 0.551. The summed E-state index contributed by atoms with van der Waals surface area (Å²) in [7, 11) is 0. The van der Waals surface area contributed by atoms with Crippen LogP contribution < -0.4 is 0 Å². The molecule has 0 nitrogen and oxygen atoms in total. The van der Waals surface area contributed by atoms with Gasteiger partial charge in [-0.05, 0) is 17.6 Å². The average Bonchev–Trinajstić information content (AvgIpc) is 2.71. The Balaban J connectivity index is 1.94. The monoisotopic (exact) mass is 232 g/mol. The zero-order valence-electron chi connectivity index (χ0n) is 10.3. The highest BCUT2D eigenvalue weighted by Crippen LogP contribution is 2.47. The van der Waals surface area contributed by atoms with Crippen molar-refractivity contribution in [2.24, 2.45) is 17.8 Å². The second-order valence-corrected chi connectivity index (χ2v) is 5.39. The first-order valence-electron chi connectivity index (χ1n) is 6.74. The van der Waals surface area contributed by atoms with Crippen LogP contribution in [0.1, 0.15) is 6.42 Å². The highest BCUT2D eigenvalue weighted by molar-refractivity contribution is 5.51. The predicted molar refractivity (Wildman–Crippen MR) is 75.9 cm³/mol. The van der Waals surface area contributed by atoms with Crippen molar-refractivity contribution in [2.45, 2.75) is 6.42 Å². The van der Waals surface area contributed by atoms with Gasteiger partial charge >= 0.3 is 0 Å². The Labute approximate surface area is 108 Å². The molecule has 0 saturated heterocycles. The molecule has 0 aromatic rings. The molecule has 4 aliphatic rings. The number of hydrogen-bond acceptors (Lipinski definition) is 0. The Morgan fingerprint density at radius 3 is 2.56 bits per heavy atom. The van der Waals surface area contributed by atoms with Gasteiger partial charge in [0, 0.05) is 17.8 Å². The molecule has 0 heterocycles. The normalized spacial score (nSPS) is 35.1. The Morgan fingerprint density at radius 2 is 1.61 bits per heavy atom. The maximum absolute atomic E-state index is 2.36. The van der Waals surface area contributed by atoms with Gasteiger partial charge in [0.1, 0.15) is 0 Å². The standard InChI is InChI=1S/C18H16/c1-2-6-15-11-12-16-10-4-9-14-8-3-7-13(5-1)17(15)18(14)16/h1-4,6-12,14,17-18H,5H2/t14-,17+,18?/m0/s1. The van der Waals surface area contributed by atoms with Crippen LogP contribution in [0.4, 0.5) is 0 Å². The van der Waals surface area contributed by atoms with Gasteiger partial charge < -0.3 is 0 Å². The fraction of sp³-hybridized carbons (Fsp3) is 0.222. The van der Waals surface area contributed by atoms with Crippen molar-refractivity contribution in [3.63, 3.8) is 0 Å². The molecule has 0 saturated carbocycles. The van der Waals surface area contributed by atoms with Crippen LogP contribution in [0, 0.1) is 17.8 Å². The molecule has 1 unspecified atom stereocenters. The Bertz CT molecular complexity index is 588. The lowest BCUT2D eigenvalue weighted by molar-refractivity contribution is 0.426. The largest absolute Gasteiger partial charge is 0.0804 e. The van der Waals surface area contributed by atoms with Crippen molar-refractivity contribution < 1.29 is 0 Å². The third kappa shape index (κ3) is 1.38. The van der Waals surface area contributed by atoms with Gasteiger partial charge in [-0.1, -0.05) is 72.4 Å². The molecule has 0 spiro atoms. The molecule has 18 heavy (non-hydrogen) atoms. The van der Waals surface area contributed by atoms with Gasteiger partial charge in [-0.2, -0.15) is 0 Å². The van der Waals surface area contributed by atoms with E-state index in [9.17, 15) is 0 Å². The van der Waals surface area contributed by atoms with Gasteiger partial charge in [0.05, 0.1) is 0 Å². The lowest BCUT2D eigenvalue weighted by Gasteiger charge is -2.37. The molecule has 4 aliphatic carbocycles. The highest BCUT2D eigenvalue weighted by Gasteiger charge is 2.37. The van der Waals surface area contributed by atoms with Crippen molar-refractivity contribution in [1.29, 1.82) is 0 Å². The fourth-order valence-electron chi connectivity index (χ4n) is 3.61. The third-order valence-electron chi connectivity index (χ3n) is 4.43. The summed E-state index contributed by atoms with van der Waals surface area (Å²) in [5.74, 6) is 1.73. The summed E-state index contributed by atoms with van der Waals surface area (Å²) in [6.45, 7) is 0. The van der Waals surface area contributed by atoms with Crippen LogP contribution >= 0.6 is 0 Å². The number of hydrogen-bond donors (Lipinski definition) is 0. The van der Waals surface area contributed by atoms with E-state index in [1.807, 2.05) is 0 Å². The Morgan fingerprint density at radius 1 is 0.833 bits per heavy atom. The maximum atomic E-state index is 2.36. The Kier molecular flexibility index (Phi) is 2.16. The minimum atomic E-state index is 0.551. The van der Waals surface area contributed by atoms with E-state index in [-0.39, 0.29) is 0 Å². The molecule has 0 aliphatic heterocycles. The lowest BCUT2D eigenvalue weighted by Crippen LogP contribution is -2.28. The molecule has 0 bridgehead atoms. The van der Waals surface area contributed by atoms with Gasteiger partial charge in [-0.15, -0.1) is 0 Å². The van der Waals surface area contributed by atoms with E-state index < -0.39 is 0 Å². The first-order chi connectivity index (χ1) is 8.93. The van der Waals surface area contributed by atoms with Gasteiger partial charge in [0.25, 0.3) is 0 Å². The van der Waals surface area contributed by atoms with Crippen LogP contribution in [0.25, 0.3) is 0 Å². The minimum Gasteiger partial charge on any atom is -0.0804 e. The zero-order chi connectivity index (χ0) is 11.9. The molecule has 0 fully saturated rings. The van der Waals surface area contributed by atoms with E-state index >= 15 is 0 Å². The third-order valence-corrected chi connectivity index (χ3v) is 4.43. The molecule has 0 radical (unpaired) electrons. The molecule has 0 amide bonds. The van der Waals surface area contributed by atoms with Crippen LogP contribution in [-0.4, -0.2) is 0 Å². The van der Waals surface area contributed by atoms with Crippen LogP contribution in [0.5, 0.6) is 0 Å². The highest BCUT2D eigenvalue weighted by atomic mass is 14.4. The summed E-state index contributed by atoms with van der Waals surface area (Å²) in [6, 6.07) is 0. The van der Waals surface area contributed by atoms with Crippen LogP contribution in [0.3, 0.4) is 0 Å². The summed E-state index contributed by atoms with van der Waals surface area (Å²) in [4.78, 5) is 0.